The van der Waals surface area contributed by atoms with Crippen LogP contribution in [0.4, 0.5) is 5.69 Å². The molecule has 0 fully saturated rings. The Balaban J connectivity index is 2.21. The van der Waals surface area contributed by atoms with Crippen molar-refractivity contribution in [2.75, 3.05) is 11.9 Å². The first-order valence-corrected chi connectivity index (χ1v) is 6.71. The average Bonchev–Trinajstić information content (AvgIpc) is 2.44. The van der Waals surface area contributed by atoms with Crippen LogP contribution in [-0.2, 0) is 6.42 Å². The van der Waals surface area contributed by atoms with Gasteiger partial charge in [-0.25, -0.2) is 4.98 Å². The molecule has 5 heteroatoms. The fraction of sp³-hybridized carbons (Fsp3) is 0.200. The van der Waals surface area contributed by atoms with Gasteiger partial charge in [-0.3, -0.25) is 4.79 Å². The summed E-state index contributed by atoms with van der Waals surface area (Å²) in [5.41, 5.74) is 8.57. The molecule has 2 rings (SSSR count). The van der Waals surface area contributed by atoms with Gasteiger partial charge in [0.05, 0.1) is 11.9 Å². The summed E-state index contributed by atoms with van der Waals surface area (Å²) in [7, 11) is 0. The summed E-state index contributed by atoms with van der Waals surface area (Å²) in [5, 5.41) is 3.26. The second-order valence-electron chi connectivity index (χ2n) is 4.48. The van der Waals surface area contributed by atoms with Crippen molar-refractivity contribution >= 4 is 23.2 Å². The number of carbonyl (C=O) groups is 1. The van der Waals surface area contributed by atoms with E-state index in [1.807, 2.05) is 25.1 Å². The topological polar surface area (TPSA) is 68.0 Å². The Morgan fingerprint density at radius 3 is 2.85 bits per heavy atom. The average molecular weight is 290 g/mol. The zero-order chi connectivity index (χ0) is 14.5. The first-order valence-electron chi connectivity index (χ1n) is 6.33. The molecule has 0 spiro atoms. The van der Waals surface area contributed by atoms with Crippen LogP contribution in [0, 0.1) is 6.92 Å². The molecule has 1 amide bonds. The van der Waals surface area contributed by atoms with E-state index in [9.17, 15) is 4.79 Å². The molecule has 1 heterocycles. The van der Waals surface area contributed by atoms with E-state index in [2.05, 4.69) is 10.3 Å². The highest BCUT2D eigenvalue weighted by molar-refractivity contribution is 6.30. The van der Waals surface area contributed by atoms with Crippen molar-refractivity contribution in [3.05, 3.63) is 58.4 Å². The van der Waals surface area contributed by atoms with Crippen LogP contribution in [-0.4, -0.2) is 17.4 Å². The minimum absolute atomic E-state index is 0.169. The van der Waals surface area contributed by atoms with Crippen molar-refractivity contribution in [2.45, 2.75) is 13.3 Å². The molecule has 0 saturated carbocycles. The van der Waals surface area contributed by atoms with Crippen LogP contribution < -0.4 is 11.1 Å². The zero-order valence-corrected chi connectivity index (χ0v) is 11.9. The number of nitrogens with two attached hydrogens (primary N) is 1. The summed E-state index contributed by atoms with van der Waals surface area (Å²) in [5.74, 6) is -0.169. The monoisotopic (exact) mass is 289 g/mol. The number of aromatic nitrogens is 1. The number of aryl methyl sites for hydroxylation is 1. The van der Waals surface area contributed by atoms with Gasteiger partial charge in [0.25, 0.3) is 5.91 Å². The van der Waals surface area contributed by atoms with Crippen LogP contribution in [0.3, 0.4) is 0 Å². The first-order chi connectivity index (χ1) is 9.61. The Kier molecular flexibility index (Phi) is 4.71. The lowest BCUT2D eigenvalue weighted by Gasteiger charge is -2.10. The summed E-state index contributed by atoms with van der Waals surface area (Å²) >= 11 is 5.86. The molecule has 1 aromatic heterocycles. The van der Waals surface area contributed by atoms with E-state index in [1.165, 1.54) is 0 Å². The van der Waals surface area contributed by atoms with Crippen molar-refractivity contribution in [2.24, 2.45) is 5.73 Å². The molecule has 0 bridgehead atoms. The van der Waals surface area contributed by atoms with Crippen LogP contribution in [0.15, 0.2) is 36.5 Å². The van der Waals surface area contributed by atoms with Gasteiger partial charge in [-0.05, 0) is 43.1 Å². The first kappa shape index (κ1) is 14.5. The highest BCUT2D eigenvalue weighted by Crippen LogP contribution is 2.18. The number of hydrogen-bond donors (Lipinski definition) is 2. The van der Waals surface area contributed by atoms with Crippen molar-refractivity contribution in [1.29, 1.82) is 0 Å². The molecular formula is C15H16ClN3O. The van der Waals surface area contributed by atoms with Crippen LogP contribution >= 0.6 is 11.6 Å². The summed E-state index contributed by atoms with van der Waals surface area (Å²) in [4.78, 5) is 16.3. The molecule has 0 aliphatic rings. The second-order valence-corrected chi connectivity index (χ2v) is 4.84. The van der Waals surface area contributed by atoms with Gasteiger partial charge < -0.3 is 11.1 Å². The molecular weight excluding hydrogens is 274 g/mol. The molecule has 4 nitrogen and oxygen atoms in total. The number of anilines is 1. The molecule has 0 saturated heterocycles. The van der Waals surface area contributed by atoms with E-state index in [-0.39, 0.29) is 5.91 Å². The minimum atomic E-state index is -0.169. The lowest BCUT2D eigenvalue weighted by Crippen LogP contribution is -2.16. The number of hydrogen-bond acceptors (Lipinski definition) is 3. The maximum absolute atomic E-state index is 12.3. The van der Waals surface area contributed by atoms with E-state index < -0.39 is 0 Å². The van der Waals surface area contributed by atoms with E-state index in [1.54, 1.807) is 18.3 Å². The van der Waals surface area contributed by atoms with E-state index >= 15 is 0 Å². The number of pyridine rings is 1. The molecule has 0 atom stereocenters. The van der Waals surface area contributed by atoms with Gasteiger partial charge in [0.15, 0.2) is 0 Å². The van der Waals surface area contributed by atoms with Crippen LogP contribution in [0.1, 0.15) is 21.5 Å². The molecule has 0 aliphatic carbocycles. The standard InChI is InChI=1S/C15H16ClN3O/c1-10-8-12(9-18-14(10)16)19-15(20)13-5-3-2-4-11(13)6-7-17/h2-5,8-9H,6-7,17H2,1H3,(H,19,20). The Morgan fingerprint density at radius 1 is 1.40 bits per heavy atom. The third kappa shape index (κ3) is 3.35. The predicted molar refractivity (Wildman–Crippen MR) is 81.1 cm³/mol. The maximum Gasteiger partial charge on any atom is 0.255 e. The number of halogens is 1. The van der Waals surface area contributed by atoms with Gasteiger partial charge in [-0.2, -0.15) is 0 Å². The largest absolute Gasteiger partial charge is 0.330 e. The van der Waals surface area contributed by atoms with Gasteiger partial charge >= 0.3 is 0 Å². The second kappa shape index (κ2) is 6.50. The highest BCUT2D eigenvalue weighted by Gasteiger charge is 2.11. The van der Waals surface area contributed by atoms with Gasteiger partial charge in [-0.1, -0.05) is 29.8 Å². The molecule has 0 radical (unpaired) electrons. The summed E-state index contributed by atoms with van der Waals surface area (Å²) in [6.45, 7) is 2.35. The van der Waals surface area contributed by atoms with Crippen LogP contribution in [0.5, 0.6) is 0 Å². The predicted octanol–water partition coefficient (Wildman–Crippen LogP) is 2.80. The number of nitrogens with zero attached hydrogens (tertiary/aromatic N) is 1. The van der Waals surface area contributed by atoms with Gasteiger partial charge in [-0.15, -0.1) is 0 Å². The zero-order valence-electron chi connectivity index (χ0n) is 11.2. The van der Waals surface area contributed by atoms with Gasteiger partial charge in [0.1, 0.15) is 5.15 Å². The fourth-order valence-electron chi connectivity index (χ4n) is 1.94. The molecule has 20 heavy (non-hydrogen) atoms. The molecule has 1 aromatic carbocycles. The molecule has 104 valence electrons. The van der Waals surface area contributed by atoms with Gasteiger partial charge in [0.2, 0.25) is 0 Å². The quantitative estimate of drug-likeness (QED) is 0.851. The fourth-order valence-corrected chi connectivity index (χ4v) is 2.04. The van der Waals surface area contributed by atoms with Crippen molar-refractivity contribution < 1.29 is 4.79 Å². The van der Waals surface area contributed by atoms with E-state index in [4.69, 9.17) is 17.3 Å². The molecule has 2 aromatic rings. The van der Waals surface area contributed by atoms with Crippen LogP contribution in [0.25, 0.3) is 0 Å². The number of nitrogens with one attached hydrogen (secondary N) is 1. The minimum Gasteiger partial charge on any atom is -0.330 e. The third-order valence-corrected chi connectivity index (χ3v) is 3.34. The highest BCUT2D eigenvalue weighted by atomic mass is 35.5. The van der Waals surface area contributed by atoms with Crippen molar-refractivity contribution in [3.8, 4) is 0 Å². The summed E-state index contributed by atoms with van der Waals surface area (Å²) in [6, 6.07) is 9.22. The Labute approximate surface area is 123 Å². The molecule has 0 unspecified atom stereocenters. The number of rotatable bonds is 4. The lowest BCUT2D eigenvalue weighted by molar-refractivity contribution is 0.102. The van der Waals surface area contributed by atoms with Gasteiger partial charge in [0, 0.05) is 5.56 Å². The van der Waals surface area contributed by atoms with E-state index in [0.717, 1.165) is 11.1 Å². The van der Waals surface area contributed by atoms with Crippen molar-refractivity contribution in [1.82, 2.24) is 4.98 Å². The number of benzene rings is 1. The molecule has 3 N–H and O–H groups in total. The smallest absolute Gasteiger partial charge is 0.255 e. The third-order valence-electron chi connectivity index (χ3n) is 2.95. The Morgan fingerprint density at radius 2 is 2.15 bits per heavy atom. The maximum atomic E-state index is 12.3. The summed E-state index contributed by atoms with van der Waals surface area (Å²) < 4.78 is 0. The van der Waals surface area contributed by atoms with Crippen LogP contribution in [0.2, 0.25) is 5.15 Å². The molecule has 0 aliphatic heterocycles. The lowest BCUT2D eigenvalue weighted by atomic mass is 10.0. The number of amides is 1. The Hall–Kier alpha value is -1.91. The normalized spacial score (nSPS) is 10.3. The van der Waals surface area contributed by atoms with E-state index in [0.29, 0.717) is 29.4 Å². The number of carbonyl (C=O) groups excluding carboxylic acids is 1. The van der Waals surface area contributed by atoms with Crippen molar-refractivity contribution in [3.63, 3.8) is 0 Å². The summed E-state index contributed by atoms with van der Waals surface area (Å²) in [6.07, 6.45) is 2.21. The Bertz CT molecular complexity index is 628. The SMILES string of the molecule is Cc1cc(NC(=O)c2ccccc2CCN)cnc1Cl.